The number of carbonyl (C=O) groups is 1. The number of anilines is 1. The van der Waals surface area contributed by atoms with Crippen LogP contribution in [0.2, 0.25) is 0 Å². The van der Waals surface area contributed by atoms with E-state index in [4.69, 9.17) is 0 Å². The van der Waals surface area contributed by atoms with Crippen molar-refractivity contribution in [1.29, 1.82) is 0 Å². The summed E-state index contributed by atoms with van der Waals surface area (Å²) >= 11 is 0. The van der Waals surface area contributed by atoms with Crippen molar-refractivity contribution in [3.63, 3.8) is 0 Å². The second-order valence-corrected chi connectivity index (χ2v) is 5.96. The molecule has 20 heavy (non-hydrogen) atoms. The Labute approximate surface area is 118 Å². The number of benzene rings is 1. The van der Waals surface area contributed by atoms with Crippen LogP contribution in [0.1, 0.15) is 20.3 Å². The molecular formula is C15H21F2N2O+. The largest absolute Gasteiger partial charge is 0.327 e. The van der Waals surface area contributed by atoms with Crippen LogP contribution in [0.15, 0.2) is 18.2 Å². The summed E-state index contributed by atoms with van der Waals surface area (Å²) in [5, 5.41) is 2.62. The molecule has 2 atom stereocenters. The van der Waals surface area contributed by atoms with Gasteiger partial charge >= 0.3 is 0 Å². The number of quaternary nitrogens is 1. The van der Waals surface area contributed by atoms with E-state index in [0.29, 0.717) is 24.1 Å². The van der Waals surface area contributed by atoms with E-state index in [1.165, 1.54) is 17.4 Å². The molecule has 2 rings (SSSR count). The first kappa shape index (κ1) is 14.9. The molecule has 1 aliphatic rings. The summed E-state index contributed by atoms with van der Waals surface area (Å²) in [4.78, 5) is 13.2. The van der Waals surface area contributed by atoms with Gasteiger partial charge in [0.2, 0.25) is 0 Å². The number of amides is 1. The molecule has 0 saturated carbocycles. The normalized spacial score (nSPS) is 26.3. The summed E-state index contributed by atoms with van der Waals surface area (Å²) in [5.41, 5.74) is 0.298. The van der Waals surface area contributed by atoms with Gasteiger partial charge in [0.1, 0.15) is 0 Å². The Morgan fingerprint density at radius 3 is 2.50 bits per heavy atom. The summed E-state index contributed by atoms with van der Waals surface area (Å²) in [6.07, 6.45) is 1.20. The molecule has 5 heteroatoms. The third kappa shape index (κ3) is 4.00. The van der Waals surface area contributed by atoms with E-state index in [0.717, 1.165) is 25.2 Å². The average molecular weight is 283 g/mol. The molecule has 0 radical (unpaired) electrons. The smallest absolute Gasteiger partial charge is 0.279 e. The highest BCUT2D eigenvalue weighted by atomic mass is 19.2. The molecule has 1 heterocycles. The Balaban J connectivity index is 1.90. The van der Waals surface area contributed by atoms with E-state index in [2.05, 4.69) is 19.2 Å². The van der Waals surface area contributed by atoms with Crippen LogP contribution in [0.4, 0.5) is 14.5 Å². The molecule has 3 nitrogen and oxygen atoms in total. The first-order chi connectivity index (χ1) is 9.44. The Bertz CT molecular complexity index is 483. The van der Waals surface area contributed by atoms with E-state index in [1.54, 1.807) is 0 Å². The van der Waals surface area contributed by atoms with E-state index in [9.17, 15) is 13.6 Å². The maximum absolute atomic E-state index is 13.1. The highest BCUT2D eigenvalue weighted by molar-refractivity contribution is 5.91. The molecule has 1 aromatic carbocycles. The fourth-order valence-electron chi connectivity index (χ4n) is 3.07. The highest BCUT2D eigenvalue weighted by Crippen LogP contribution is 2.13. The van der Waals surface area contributed by atoms with Crippen LogP contribution in [0.5, 0.6) is 0 Å². The molecular weight excluding hydrogens is 262 g/mol. The van der Waals surface area contributed by atoms with Gasteiger partial charge in [0.15, 0.2) is 18.2 Å². The van der Waals surface area contributed by atoms with Gasteiger partial charge in [0.05, 0.1) is 13.1 Å². The zero-order valence-corrected chi connectivity index (χ0v) is 11.9. The van der Waals surface area contributed by atoms with Crippen molar-refractivity contribution in [3.05, 3.63) is 29.8 Å². The van der Waals surface area contributed by atoms with Gasteiger partial charge in [-0.2, -0.15) is 0 Å². The molecule has 1 aliphatic heterocycles. The van der Waals surface area contributed by atoms with E-state index in [1.807, 2.05) is 0 Å². The SMILES string of the molecule is C[C@H]1C[C@H](C)C[NH+](CC(=O)Nc2ccc(F)c(F)c2)C1. The zero-order valence-electron chi connectivity index (χ0n) is 11.9. The predicted molar refractivity (Wildman–Crippen MR) is 73.5 cm³/mol. The lowest BCUT2D eigenvalue weighted by Gasteiger charge is -2.31. The minimum atomic E-state index is -0.949. The first-order valence-electron chi connectivity index (χ1n) is 7.02. The molecule has 1 aromatic rings. The maximum atomic E-state index is 13.1. The van der Waals surface area contributed by atoms with Crippen LogP contribution in [-0.4, -0.2) is 25.5 Å². The minimum absolute atomic E-state index is 0.160. The Morgan fingerprint density at radius 1 is 1.25 bits per heavy atom. The molecule has 1 fully saturated rings. The van der Waals surface area contributed by atoms with Gasteiger partial charge in [0, 0.05) is 23.6 Å². The van der Waals surface area contributed by atoms with E-state index in [-0.39, 0.29) is 5.91 Å². The van der Waals surface area contributed by atoms with Gasteiger partial charge in [-0.15, -0.1) is 0 Å². The van der Waals surface area contributed by atoms with Crippen molar-refractivity contribution in [3.8, 4) is 0 Å². The third-order valence-corrected chi connectivity index (χ3v) is 3.69. The minimum Gasteiger partial charge on any atom is -0.327 e. The van der Waals surface area contributed by atoms with Crippen molar-refractivity contribution >= 4 is 11.6 Å². The standard InChI is InChI=1S/C15H20F2N2O/c1-10-5-11(2)8-19(7-10)9-15(20)18-12-3-4-13(16)14(17)6-12/h3-4,6,10-11H,5,7-9H2,1-2H3,(H,18,20)/p+1/t10-,11-/m0/s1. The summed E-state index contributed by atoms with van der Waals surface area (Å²) in [6.45, 7) is 6.73. The fourth-order valence-corrected chi connectivity index (χ4v) is 3.07. The number of halogens is 2. The van der Waals surface area contributed by atoms with Gasteiger partial charge in [-0.05, 0) is 18.6 Å². The van der Waals surface area contributed by atoms with Crippen LogP contribution >= 0.6 is 0 Å². The van der Waals surface area contributed by atoms with Crippen LogP contribution in [-0.2, 0) is 4.79 Å². The number of nitrogens with one attached hydrogen (secondary N) is 2. The summed E-state index contributed by atoms with van der Waals surface area (Å²) < 4.78 is 25.9. The monoisotopic (exact) mass is 283 g/mol. The number of likely N-dealkylation sites (tertiary alicyclic amines) is 1. The van der Waals surface area contributed by atoms with Gasteiger partial charge < -0.3 is 10.2 Å². The van der Waals surface area contributed by atoms with E-state index >= 15 is 0 Å². The number of piperidine rings is 1. The van der Waals surface area contributed by atoms with Crippen LogP contribution in [0.25, 0.3) is 0 Å². The molecule has 0 aliphatic carbocycles. The number of rotatable bonds is 3. The topological polar surface area (TPSA) is 33.5 Å². The number of carbonyl (C=O) groups excluding carboxylic acids is 1. The maximum Gasteiger partial charge on any atom is 0.279 e. The molecule has 0 aromatic heterocycles. The van der Waals surface area contributed by atoms with Crippen molar-refractivity contribution in [2.75, 3.05) is 25.0 Å². The van der Waals surface area contributed by atoms with Crippen molar-refractivity contribution in [2.45, 2.75) is 20.3 Å². The van der Waals surface area contributed by atoms with Gasteiger partial charge in [-0.1, -0.05) is 13.8 Å². The van der Waals surface area contributed by atoms with Gasteiger partial charge in [-0.25, -0.2) is 8.78 Å². The summed E-state index contributed by atoms with van der Waals surface area (Å²) in [5.74, 6) is -0.787. The second-order valence-electron chi connectivity index (χ2n) is 5.96. The average Bonchev–Trinajstić information content (AvgIpc) is 2.32. The summed E-state index contributed by atoms with van der Waals surface area (Å²) in [7, 11) is 0. The second kappa shape index (κ2) is 6.31. The van der Waals surface area contributed by atoms with Crippen molar-refractivity contribution < 1.29 is 18.5 Å². The highest BCUT2D eigenvalue weighted by Gasteiger charge is 2.26. The lowest BCUT2D eigenvalue weighted by Crippen LogP contribution is -3.15. The van der Waals surface area contributed by atoms with Crippen LogP contribution < -0.4 is 10.2 Å². The third-order valence-electron chi connectivity index (χ3n) is 3.69. The molecule has 1 saturated heterocycles. The lowest BCUT2D eigenvalue weighted by molar-refractivity contribution is -0.904. The van der Waals surface area contributed by atoms with Crippen molar-refractivity contribution in [1.82, 2.24) is 0 Å². The molecule has 110 valence electrons. The Kier molecular flexibility index (Phi) is 4.70. The molecule has 1 amide bonds. The quantitative estimate of drug-likeness (QED) is 0.865. The fraction of sp³-hybridized carbons (Fsp3) is 0.533. The predicted octanol–water partition coefficient (Wildman–Crippen LogP) is 1.46. The van der Waals surface area contributed by atoms with Gasteiger partial charge in [0.25, 0.3) is 5.91 Å². The van der Waals surface area contributed by atoms with Gasteiger partial charge in [-0.3, -0.25) is 4.79 Å². The molecule has 0 spiro atoms. The van der Waals surface area contributed by atoms with Crippen LogP contribution in [0, 0.1) is 23.5 Å². The molecule has 0 bridgehead atoms. The number of hydrogen-bond donors (Lipinski definition) is 2. The first-order valence-corrected chi connectivity index (χ1v) is 7.02. The Morgan fingerprint density at radius 2 is 1.90 bits per heavy atom. The zero-order chi connectivity index (χ0) is 14.7. The van der Waals surface area contributed by atoms with Crippen LogP contribution in [0.3, 0.4) is 0 Å². The number of hydrogen-bond acceptors (Lipinski definition) is 1. The Hall–Kier alpha value is -1.49. The lowest BCUT2D eigenvalue weighted by atomic mass is 9.92. The molecule has 2 N–H and O–H groups in total. The van der Waals surface area contributed by atoms with Crippen molar-refractivity contribution in [2.24, 2.45) is 11.8 Å². The van der Waals surface area contributed by atoms with E-state index < -0.39 is 11.6 Å². The molecule has 0 unspecified atom stereocenters. The summed E-state index contributed by atoms with van der Waals surface area (Å²) in [6, 6.07) is 3.39.